The van der Waals surface area contributed by atoms with E-state index in [1.165, 1.54) is 9.08 Å². The van der Waals surface area contributed by atoms with Crippen molar-refractivity contribution in [3.63, 3.8) is 0 Å². The Kier molecular flexibility index (Phi) is 7.35. The van der Waals surface area contributed by atoms with Gasteiger partial charge in [0.05, 0.1) is 26.5 Å². The molecule has 0 aliphatic rings. The van der Waals surface area contributed by atoms with Crippen LogP contribution in [0.4, 0.5) is 0 Å². The highest BCUT2D eigenvalue weighted by Crippen LogP contribution is 2.27. The minimum absolute atomic E-state index is 0.0785. The van der Waals surface area contributed by atoms with Gasteiger partial charge in [-0.25, -0.2) is 4.52 Å². The zero-order chi connectivity index (χ0) is 24.8. The number of amides is 1. The van der Waals surface area contributed by atoms with E-state index in [1.54, 1.807) is 32.7 Å². The first kappa shape index (κ1) is 23.9. The lowest BCUT2D eigenvalue weighted by atomic mass is 10.1. The largest absolute Gasteiger partial charge is 0.494 e. The molecule has 0 atom stereocenters. The molecule has 0 aliphatic carbocycles. The van der Waals surface area contributed by atoms with Crippen molar-refractivity contribution in [2.45, 2.75) is 19.9 Å². The predicted octanol–water partition coefficient (Wildman–Crippen LogP) is 2.94. The van der Waals surface area contributed by atoms with Crippen molar-refractivity contribution in [2.75, 3.05) is 27.4 Å². The maximum absolute atomic E-state index is 13.0. The number of aromatic nitrogens is 3. The molecule has 0 fully saturated rings. The van der Waals surface area contributed by atoms with Crippen LogP contribution in [0.2, 0.25) is 0 Å². The van der Waals surface area contributed by atoms with Gasteiger partial charge in [0.25, 0.3) is 5.56 Å². The lowest BCUT2D eigenvalue weighted by Gasteiger charge is -2.10. The summed E-state index contributed by atoms with van der Waals surface area (Å²) in [5, 5.41) is 7.35. The summed E-state index contributed by atoms with van der Waals surface area (Å²) in [5.41, 5.74) is 2.66. The van der Waals surface area contributed by atoms with Crippen LogP contribution in [0.5, 0.6) is 17.2 Å². The lowest BCUT2D eigenvalue weighted by Crippen LogP contribution is -2.33. The third-order valence-electron chi connectivity index (χ3n) is 5.56. The van der Waals surface area contributed by atoms with E-state index >= 15 is 0 Å². The predicted molar refractivity (Wildman–Crippen MR) is 132 cm³/mol. The van der Waals surface area contributed by atoms with E-state index in [4.69, 9.17) is 14.2 Å². The molecule has 1 amide bonds. The Balaban J connectivity index is 1.40. The lowest BCUT2D eigenvalue weighted by molar-refractivity contribution is -0.121. The van der Waals surface area contributed by atoms with Crippen LogP contribution < -0.4 is 25.1 Å². The molecule has 1 N–H and O–H groups in total. The first-order valence-electron chi connectivity index (χ1n) is 11.3. The van der Waals surface area contributed by atoms with Gasteiger partial charge in [-0.05, 0) is 61.4 Å². The van der Waals surface area contributed by atoms with E-state index in [0.29, 0.717) is 42.3 Å². The smallest absolute Gasteiger partial charge is 0.277 e. The van der Waals surface area contributed by atoms with E-state index < -0.39 is 0 Å². The number of hydrogen-bond donors (Lipinski definition) is 1. The number of hydrogen-bond acceptors (Lipinski definition) is 6. The number of nitrogens with one attached hydrogen (secondary N) is 1. The number of methoxy groups -OCH3 is 2. The van der Waals surface area contributed by atoms with Gasteiger partial charge in [0, 0.05) is 24.5 Å². The number of ether oxygens (including phenoxy) is 3. The van der Waals surface area contributed by atoms with Crippen LogP contribution in [0, 0.1) is 0 Å². The maximum Gasteiger partial charge on any atom is 0.277 e. The Bertz CT molecular complexity index is 1380. The fraction of sp³-hybridized carbons (Fsp3) is 0.269. The minimum atomic E-state index is -0.285. The molecule has 9 heteroatoms. The summed E-state index contributed by atoms with van der Waals surface area (Å²) in [5.74, 6) is 1.82. The number of fused-ring (bicyclic) bond motifs is 1. The van der Waals surface area contributed by atoms with Crippen molar-refractivity contribution in [3.05, 3.63) is 76.8 Å². The van der Waals surface area contributed by atoms with Crippen molar-refractivity contribution < 1.29 is 19.0 Å². The maximum atomic E-state index is 13.0. The second-order valence-corrected chi connectivity index (χ2v) is 7.84. The van der Waals surface area contributed by atoms with Crippen molar-refractivity contribution in [1.29, 1.82) is 0 Å². The zero-order valence-corrected chi connectivity index (χ0v) is 20.0. The van der Waals surface area contributed by atoms with Gasteiger partial charge in [-0.15, -0.1) is 0 Å². The fourth-order valence-corrected chi connectivity index (χ4v) is 3.77. The van der Waals surface area contributed by atoms with E-state index in [-0.39, 0.29) is 18.0 Å². The second-order valence-electron chi connectivity index (χ2n) is 7.84. The Labute approximate surface area is 202 Å². The molecule has 0 unspecified atom stereocenters. The summed E-state index contributed by atoms with van der Waals surface area (Å²) >= 11 is 0. The average Bonchev–Trinajstić information content (AvgIpc) is 3.31. The van der Waals surface area contributed by atoms with Crippen LogP contribution >= 0.6 is 0 Å². The number of benzene rings is 2. The molecule has 2 aromatic carbocycles. The summed E-state index contributed by atoms with van der Waals surface area (Å²) in [6, 6.07) is 14.9. The van der Waals surface area contributed by atoms with Gasteiger partial charge < -0.3 is 24.1 Å². The van der Waals surface area contributed by atoms with Crippen LogP contribution in [-0.4, -0.2) is 47.5 Å². The van der Waals surface area contributed by atoms with Crippen LogP contribution in [0.3, 0.4) is 0 Å². The third kappa shape index (κ3) is 5.46. The average molecular weight is 477 g/mol. The Morgan fingerprint density at radius 2 is 1.77 bits per heavy atom. The van der Waals surface area contributed by atoms with E-state index in [9.17, 15) is 9.59 Å². The molecule has 0 bridgehead atoms. The van der Waals surface area contributed by atoms with Gasteiger partial charge in [0.2, 0.25) is 5.91 Å². The molecular formula is C26H28N4O5. The van der Waals surface area contributed by atoms with Crippen LogP contribution in [-0.2, 0) is 17.8 Å². The monoisotopic (exact) mass is 476 g/mol. The summed E-state index contributed by atoms with van der Waals surface area (Å²) in [7, 11) is 3.17. The number of carbonyl (C=O) groups excluding carboxylic acids is 1. The van der Waals surface area contributed by atoms with Crippen molar-refractivity contribution >= 4 is 11.4 Å². The summed E-state index contributed by atoms with van der Waals surface area (Å²) in [6.45, 7) is 2.88. The molecule has 35 heavy (non-hydrogen) atoms. The molecular weight excluding hydrogens is 448 g/mol. The SMILES string of the molecule is CCOc1ccc(-c2cc3c(=O)n(CC(=O)NCCc4ccc(OC)c(OC)c4)ccn3n2)cc1. The standard InChI is InChI=1S/C26H28N4O5/c1-4-35-20-8-6-19(7-9-20)21-16-22-26(32)29(13-14-30(22)28-21)17-25(31)27-12-11-18-5-10-23(33-2)24(15-18)34-3/h5-10,13-16H,4,11-12,17H2,1-3H3,(H,27,31). The van der Waals surface area contributed by atoms with E-state index in [1.807, 2.05) is 49.4 Å². The minimum Gasteiger partial charge on any atom is -0.494 e. The molecule has 2 aromatic heterocycles. The highest BCUT2D eigenvalue weighted by atomic mass is 16.5. The molecule has 2 heterocycles. The normalized spacial score (nSPS) is 10.8. The summed E-state index contributed by atoms with van der Waals surface area (Å²) in [6.07, 6.45) is 3.86. The number of carbonyl (C=O) groups is 1. The van der Waals surface area contributed by atoms with Crippen molar-refractivity contribution in [1.82, 2.24) is 19.5 Å². The molecule has 0 saturated heterocycles. The van der Waals surface area contributed by atoms with Gasteiger partial charge >= 0.3 is 0 Å². The van der Waals surface area contributed by atoms with Crippen molar-refractivity contribution in [2.24, 2.45) is 0 Å². The summed E-state index contributed by atoms with van der Waals surface area (Å²) in [4.78, 5) is 25.4. The Morgan fingerprint density at radius 1 is 1.00 bits per heavy atom. The highest BCUT2D eigenvalue weighted by molar-refractivity contribution is 5.76. The highest BCUT2D eigenvalue weighted by Gasteiger charge is 2.12. The fourth-order valence-electron chi connectivity index (χ4n) is 3.77. The van der Waals surface area contributed by atoms with Gasteiger partial charge in [-0.2, -0.15) is 5.10 Å². The van der Waals surface area contributed by atoms with Gasteiger partial charge in [-0.1, -0.05) is 6.07 Å². The van der Waals surface area contributed by atoms with Gasteiger partial charge in [0.1, 0.15) is 17.8 Å². The number of nitrogens with zero attached hydrogens (tertiary/aromatic N) is 3. The van der Waals surface area contributed by atoms with Gasteiger partial charge in [-0.3, -0.25) is 9.59 Å². The Morgan fingerprint density at radius 3 is 2.49 bits per heavy atom. The molecule has 182 valence electrons. The van der Waals surface area contributed by atoms with E-state index in [2.05, 4.69) is 10.4 Å². The quantitative estimate of drug-likeness (QED) is 0.378. The zero-order valence-electron chi connectivity index (χ0n) is 20.0. The summed E-state index contributed by atoms with van der Waals surface area (Å²) < 4.78 is 18.9. The molecule has 9 nitrogen and oxygen atoms in total. The molecule has 0 saturated carbocycles. The van der Waals surface area contributed by atoms with Crippen LogP contribution in [0.25, 0.3) is 16.8 Å². The molecule has 4 rings (SSSR count). The van der Waals surface area contributed by atoms with Gasteiger partial charge in [0.15, 0.2) is 11.5 Å². The van der Waals surface area contributed by atoms with E-state index in [0.717, 1.165) is 16.9 Å². The first-order valence-corrected chi connectivity index (χ1v) is 11.3. The third-order valence-corrected chi connectivity index (χ3v) is 5.56. The molecule has 0 radical (unpaired) electrons. The molecule has 4 aromatic rings. The van der Waals surface area contributed by atoms with Crippen LogP contribution in [0.1, 0.15) is 12.5 Å². The second kappa shape index (κ2) is 10.8. The first-order chi connectivity index (χ1) is 17.0. The van der Waals surface area contributed by atoms with Crippen molar-refractivity contribution in [3.8, 4) is 28.5 Å². The molecule has 0 aliphatic heterocycles. The molecule has 0 spiro atoms. The topological polar surface area (TPSA) is 96.1 Å². The number of rotatable bonds is 10. The van der Waals surface area contributed by atoms with Crippen LogP contribution in [0.15, 0.2) is 65.7 Å². The Hall–Kier alpha value is -4.27.